The topological polar surface area (TPSA) is 9.23 Å². The highest BCUT2D eigenvalue weighted by Crippen LogP contribution is 2.64. The SMILES string of the molecule is Brc1ccc(Oc2ccc(Br)cc2C23CC4CC(CC(C4)C2)C3)c(C23CC4CC(CC(C4)C2)C3)c1. The van der Waals surface area contributed by atoms with Crippen molar-refractivity contribution in [3.63, 3.8) is 0 Å². The maximum Gasteiger partial charge on any atom is 0.131 e. The van der Waals surface area contributed by atoms with E-state index in [9.17, 15) is 0 Å². The molecule has 3 heteroatoms. The van der Waals surface area contributed by atoms with Gasteiger partial charge in [0.2, 0.25) is 0 Å². The lowest BCUT2D eigenvalue weighted by molar-refractivity contribution is -0.00713. The molecule has 0 heterocycles. The smallest absolute Gasteiger partial charge is 0.131 e. The Labute approximate surface area is 227 Å². The van der Waals surface area contributed by atoms with Crippen molar-refractivity contribution < 1.29 is 4.74 Å². The summed E-state index contributed by atoms with van der Waals surface area (Å²) in [6, 6.07) is 13.8. The molecule has 0 radical (unpaired) electrons. The van der Waals surface area contributed by atoms with Crippen LogP contribution in [-0.4, -0.2) is 0 Å². The van der Waals surface area contributed by atoms with Gasteiger partial charge in [0.1, 0.15) is 11.5 Å². The molecule has 1 nitrogen and oxygen atoms in total. The molecule has 2 aromatic rings. The number of halogens is 2. The number of ether oxygens (including phenoxy) is 1. The Hall–Kier alpha value is -0.800. The second-order valence-corrected chi connectivity index (χ2v) is 15.6. The predicted octanol–water partition coefficient (Wildman–Crippen LogP) is 9.94. The van der Waals surface area contributed by atoms with Crippen LogP contribution in [0.1, 0.15) is 88.2 Å². The molecule has 0 N–H and O–H groups in total. The molecule has 2 aromatic carbocycles. The highest BCUT2D eigenvalue weighted by Gasteiger charge is 2.54. The van der Waals surface area contributed by atoms with Crippen molar-refractivity contribution in [3.8, 4) is 11.5 Å². The maximum atomic E-state index is 7.09. The first-order valence-corrected chi connectivity index (χ1v) is 15.8. The molecule has 8 aliphatic carbocycles. The van der Waals surface area contributed by atoms with Gasteiger partial charge in [-0.25, -0.2) is 0 Å². The van der Waals surface area contributed by atoms with E-state index >= 15 is 0 Å². The lowest BCUT2D eigenvalue weighted by Crippen LogP contribution is -2.49. The van der Waals surface area contributed by atoms with E-state index < -0.39 is 0 Å². The summed E-state index contributed by atoms with van der Waals surface area (Å²) in [7, 11) is 0. The largest absolute Gasteiger partial charge is 0.457 e. The normalized spacial score (nSPS) is 42.6. The Kier molecular flexibility index (Phi) is 4.98. The van der Waals surface area contributed by atoms with Crippen LogP contribution < -0.4 is 4.74 Å². The summed E-state index contributed by atoms with van der Waals surface area (Å²) in [6.45, 7) is 0. The molecule has 0 amide bonds. The summed E-state index contributed by atoms with van der Waals surface area (Å²) in [6.07, 6.45) is 17.1. The molecule has 0 atom stereocenters. The number of rotatable bonds is 4. The minimum Gasteiger partial charge on any atom is -0.457 e. The zero-order valence-electron chi connectivity index (χ0n) is 20.6. The Balaban J connectivity index is 1.20. The molecule has 0 saturated heterocycles. The van der Waals surface area contributed by atoms with Crippen LogP contribution in [0.5, 0.6) is 11.5 Å². The van der Waals surface area contributed by atoms with Gasteiger partial charge >= 0.3 is 0 Å². The van der Waals surface area contributed by atoms with Crippen LogP contribution in [0.3, 0.4) is 0 Å². The second-order valence-electron chi connectivity index (χ2n) is 13.8. The Bertz CT molecular complexity index is 1020. The van der Waals surface area contributed by atoms with Gasteiger partial charge in [0.25, 0.3) is 0 Å². The molecule has 8 bridgehead atoms. The summed E-state index contributed by atoms with van der Waals surface area (Å²) in [5, 5.41) is 0. The lowest BCUT2D eigenvalue weighted by Gasteiger charge is -2.57. The van der Waals surface area contributed by atoms with Crippen molar-refractivity contribution in [2.75, 3.05) is 0 Å². The van der Waals surface area contributed by atoms with Gasteiger partial charge in [-0.2, -0.15) is 0 Å². The van der Waals surface area contributed by atoms with Crippen molar-refractivity contribution >= 4 is 31.9 Å². The van der Waals surface area contributed by atoms with Gasteiger partial charge in [-0.1, -0.05) is 31.9 Å². The van der Waals surface area contributed by atoms with Crippen molar-refractivity contribution in [1.82, 2.24) is 0 Å². The van der Waals surface area contributed by atoms with Gasteiger partial charge in [-0.3, -0.25) is 0 Å². The van der Waals surface area contributed by atoms with Crippen LogP contribution in [0, 0.1) is 35.5 Å². The van der Waals surface area contributed by atoms with Crippen LogP contribution in [-0.2, 0) is 10.8 Å². The first kappa shape index (κ1) is 22.2. The van der Waals surface area contributed by atoms with Gasteiger partial charge in [0, 0.05) is 20.1 Å². The zero-order valence-corrected chi connectivity index (χ0v) is 23.7. The highest BCUT2D eigenvalue weighted by atomic mass is 79.9. The van der Waals surface area contributed by atoms with Crippen molar-refractivity contribution in [2.24, 2.45) is 35.5 Å². The fraction of sp³-hybridized carbons (Fsp3) is 0.625. The van der Waals surface area contributed by atoms with E-state index in [1.807, 2.05) is 0 Å². The Morgan fingerprint density at radius 2 is 0.829 bits per heavy atom. The summed E-state index contributed by atoms with van der Waals surface area (Å²) in [5.74, 6) is 7.86. The van der Waals surface area contributed by atoms with Crippen LogP contribution >= 0.6 is 31.9 Å². The molecule has 184 valence electrons. The molecular weight excluding hydrogens is 560 g/mol. The average molecular weight is 596 g/mol. The van der Waals surface area contributed by atoms with Crippen LogP contribution in [0.15, 0.2) is 45.3 Å². The van der Waals surface area contributed by atoms with Crippen LogP contribution in [0.25, 0.3) is 0 Å². The van der Waals surface area contributed by atoms with E-state index in [1.165, 1.54) is 97.1 Å². The third-order valence-electron chi connectivity index (χ3n) is 11.3. The fourth-order valence-electron chi connectivity index (χ4n) is 11.0. The first-order valence-electron chi connectivity index (χ1n) is 14.2. The van der Waals surface area contributed by atoms with E-state index in [4.69, 9.17) is 4.74 Å². The minimum atomic E-state index is 0.323. The van der Waals surface area contributed by atoms with Gasteiger partial charge in [0.15, 0.2) is 0 Å². The molecule has 8 saturated carbocycles. The Morgan fingerprint density at radius 3 is 1.14 bits per heavy atom. The van der Waals surface area contributed by atoms with Crippen LogP contribution in [0.4, 0.5) is 0 Å². The molecule has 0 aromatic heterocycles. The Morgan fingerprint density at radius 1 is 0.514 bits per heavy atom. The third kappa shape index (κ3) is 3.57. The molecule has 8 aliphatic rings. The molecule has 35 heavy (non-hydrogen) atoms. The van der Waals surface area contributed by atoms with E-state index in [0.717, 1.165) is 47.0 Å². The number of benzene rings is 2. The molecule has 10 rings (SSSR count). The quantitative estimate of drug-likeness (QED) is 0.342. The van der Waals surface area contributed by atoms with Gasteiger partial charge in [-0.15, -0.1) is 0 Å². The molecule has 0 unspecified atom stereocenters. The average Bonchev–Trinajstić information content (AvgIpc) is 2.79. The van der Waals surface area contributed by atoms with E-state index in [1.54, 1.807) is 0 Å². The van der Waals surface area contributed by atoms with Gasteiger partial charge < -0.3 is 4.74 Å². The second kappa shape index (κ2) is 7.85. The van der Waals surface area contributed by atoms with Gasteiger partial charge in [-0.05, 0) is 160 Å². The number of hydrogen-bond acceptors (Lipinski definition) is 1. The number of hydrogen-bond donors (Lipinski definition) is 0. The molecule has 0 aliphatic heterocycles. The van der Waals surface area contributed by atoms with Crippen LogP contribution in [0.2, 0.25) is 0 Å². The third-order valence-corrected chi connectivity index (χ3v) is 12.3. The summed E-state index contributed by atoms with van der Waals surface area (Å²) < 4.78 is 9.49. The van der Waals surface area contributed by atoms with E-state index in [0.29, 0.717) is 10.8 Å². The summed E-state index contributed by atoms with van der Waals surface area (Å²) in [4.78, 5) is 0. The first-order chi connectivity index (χ1) is 17.0. The van der Waals surface area contributed by atoms with E-state index in [-0.39, 0.29) is 0 Å². The molecular formula is C32H36Br2O. The maximum absolute atomic E-state index is 7.09. The predicted molar refractivity (Wildman–Crippen MR) is 148 cm³/mol. The highest BCUT2D eigenvalue weighted by molar-refractivity contribution is 9.10. The van der Waals surface area contributed by atoms with Crippen molar-refractivity contribution in [1.29, 1.82) is 0 Å². The summed E-state index contributed by atoms with van der Waals surface area (Å²) in [5.41, 5.74) is 3.63. The monoisotopic (exact) mass is 594 g/mol. The molecule has 0 spiro atoms. The van der Waals surface area contributed by atoms with Gasteiger partial charge in [0.05, 0.1) is 0 Å². The van der Waals surface area contributed by atoms with Crippen molar-refractivity contribution in [2.45, 2.75) is 87.9 Å². The van der Waals surface area contributed by atoms with Crippen molar-refractivity contribution in [3.05, 3.63) is 56.5 Å². The molecule has 8 fully saturated rings. The minimum absolute atomic E-state index is 0.323. The lowest BCUT2D eigenvalue weighted by atomic mass is 9.48. The zero-order chi connectivity index (χ0) is 23.4. The van der Waals surface area contributed by atoms with E-state index in [2.05, 4.69) is 68.3 Å². The fourth-order valence-corrected chi connectivity index (χ4v) is 11.7. The summed E-state index contributed by atoms with van der Waals surface area (Å²) >= 11 is 7.66. The standard InChI is InChI=1S/C32H36Br2O/c33-25-1-3-29(27(11-25)31-13-19-5-20(14-31)7-21(6-19)15-31)35-30-4-2-26(34)12-28(30)32-16-22-8-23(17-32)10-24(9-22)18-32/h1-4,11-12,19-24H,5-10,13-18H2.